The van der Waals surface area contributed by atoms with E-state index in [1.165, 1.54) is 32.1 Å². The van der Waals surface area contributed by atoms with E-state index in [0.717, 1.165) is 12.5 Å². The molecule has 0 amide bonds. The van der Waals surface area contributed by atoms with Crippen LogP contribution in [0.1, 0.15) is 66.7 Å². The highest BCUT2D eigenvalue weighted by Gasteiger charge is 2.29. The first-order valence-electron chi connectivity index (χ1n) is 7.64. The highest BCUT2D eigenvalue weighted by molar-refractivity contribution is 5.57. The lowest BCUT2D eigenvalue weighted by Gasteiger charge is -2.34. The van der Waals surface area contributed by atoms with E-state index in [-0.39, 0.29) is 0 Å². The molecule has 1 aliphatic heterocycles. The average molecular weight is 253 g/mol. The molecule has 0 N–H and O–H groups in total. The number of rotatable bonds is 8. The SMILES string of the molecule is CCCCCCN1N=CN(C(C)C)C1CC(C)C. The summed E-state index contributed by atoms with van der Waals surface area (Å²) in [6.45, 7) is 12.5. The zero-order chi connectivity index (χ0) is 13.5. The van der Waals surface area contributed by atoms with Crippen molar-refractivity contribution in [1.29, 1.82) is 0 Å². The molecule has 1 heterocycles. The number of hydrazone groups is 1. The smallest absolute Gasteiger partial charge is 0.119 e. The normalized spacial score (nSPS) is 19.6. The maximum absolute atomic E-state index is 4.60. The Kier molecular flexibility index (Phi) is 6.51. The van der Waals surface area contributed by atoms with Crippen LogP contribution in [0.25, 0.3) is 0 Å². The van der Waals surface area contributed by atoms with Crippen molar-refractivity contribution in [1.82, 2.24) is 9.91 Å². The molecule has 0 spiro atoms. The Morgan fingerprint density at radius 1 is 1.11 bits per heavy atom. The molecule has 0 aromatic carbocycles. The lowest BCUT2D eigenvalue weighted by atomic mass is 10.1. The summed E-state index contributed by atoms with van der Waals surface area (Å²) in [5.41, 5.74) is 0. The van der Waals surface area contributed by atoms with Crippen LogP contribution in [0.5, 0.6) is 0 Å². The predicted octanol–water partition coefficient (Wildman–Crippen LogP) is 3.91. The summed E-state index contributed by atoms with van der Waals surface area (Å²) < 4.78 is 0. The second-order valence-electron chi connectivity index (χ2n) is 6.11. The van der Waals surface area contributed by atoms with Gasteiger partial charge in [0.15, 0.2) is 0 Å². The van der Waals surface area contributed by atoms with E-state index in [0.29, 0.717) is 12.2 Å². The minimum atomic E-state index is 0.478. The molecule has 18 heavy (non-hydrogen) atoms. The van der Waals surface area contributed by atoms with Crippen LogP contribution < -0.4 is 0 Å². The van der Waals surface area contributed by atoms with Crippen LogP contribution in [0.15, 0.2) is 5.10 Å². The van der Waals surface area contributed by atoms with Gasteiger partial charge in [0, 0.05) is 12.6 Å². The molecule has 0 saturated heterocycles. The highest BCUT2D eigenvalue weighted by atomic mass is 15.6. The molecule has 3 heteroatoms. The Labute approximate surface area is 113 Å². The van der Waals surface area contributed by atoms with Gasteiger partial charge in [0.2, 0.25) is 0 Å². The Balaban J connectivity index is 2.47. The lowest BCUT2D eigenvalue weighted by Crippen LogP contribution is -2.44. The van der Waals surface area contributed by atoms with Crippen molar-refractivity contribution in [3.63, 3.8) is 0 Å². The van der Waals surface area contributed by atoms with Crippen molar-refractivity contribution in [2.75, 3.05) is 6.54 Å². The number of hydrogen-bond acceptors (Lipinski definition) is 3. The molecule has 0 aromatic rings. The first kappa shape index (κ1) is 15.3. The first-order chi connectivity index (χ1) is 8.56. The second kappa shape index (κ2) is 7.65. The van der Waals surface area contributed by atoms with Crippen LogP contribution in [-0.4, -0.2) is 35.0 Å². The molecule has 0 aromatic heterocycles. The van der Waals surface area contributed by atoms with Crippen molar-refractivity contribution in [3.8, 4) is 0 Å². The van der Waals surface area contributed by atoms with Crippen LogP contribution in [0.4, 0.5) is 0 Å². The third kappa shape index (κ3) is 4.51. The number of nitrogens with zero attached hydrogens (tertiary/aromatic N) is 3. The molecule has 0 radical (unpaired) electrons. The molecule has 3 nitrogen and oxygen atoms in total. The molecule has 106 valence electrons. The highest BCUT2D eigenvalue weighted by Crippen LogP contribution is 2.22. The fourth-order valence-electron chi connectivity index (χ4n) is 2.48. The molecular weight excluding hydrogens is 222 g/mol. The Bertz CT molecular complexity index is 248. The zero-order valence-corrected chi connectivity index (χ0v) is 12.9. The van der Waals surface area contributed by atoms with Gasteiger partial charge in [-0.25, -0.2) is 0 Å². The molecule has 0 bridgehead atoms. The van der Waals surface area contributed by atoms with Gasteiger partial charge in [-0.3, -0.25) is 5.01 Å². The maximum atomic E-state index is 4.60. The van der Waals surface area contributed by atoms with Gasteiger partial charge in [0.05, 0.1) is 0 Å². The largest absolute Gasteiger partial charge is 0.337 e. The summed E-state index contributed by atoms with van der Waals surface area (Å²) >= 11 is 0. The van der Waals surface area contributed by atoms with Gasteiger partial charge in [0.1, 0.15) is 12.5 Å². The Morgan fingerprint density at radius 2 is 1.83 bits per heavy atom. The van der Waals surface area contributed by atoms with Gasteiger partial charge < -0.3 is 4.90 Å². The Morgan fingerprint density at radius 3 is 2.39 bits per heavy atom. The van der Waals surface area contributed by atoms with Crippen molar-refractivity contribution < 1.29 is 0 Å². The molecule has 1 atom stereocenters. The van der Waals surface area contributed by atoms with E-state index in [1.807, 2.05) is 6.34 Å². The van der Waals surface area contributed by atoms with Crippen LogP contribution in [0, 0.1) is 5.92 Å². The topological polar surface area (TPSA) is 18.8 Å². The van der Waals surface area contributed by atoms with Crippen molar-refractivity contribution in [2.24, 2.45) is 11.0 Å². The van der Waals surface area contributed by atoms with Gasteiger partial charge >= 0.3 is 0 Å². The van der Waals surface area contributed by atoms with Gasteiger partial charge in [-0.05, 0) is 32.6 Å². The molecule has 1 aliphatic rings. The van der Waals surface area contributed by atoms with E-state index in [4.69, 9.17) is 0 Å². The number of hydrogen-bond donors (Lipinski definition) is 0. The average Bonchev–Trinajstić information content (AvgIpc) is 2.67. The third-order valence-electron chi connectivity index (χ3n) is 3.54. The van der Waals surface area contributed by atoms with Crippen LogP contribution in [-0.2, 0) is 0 Å². The van der Waals surface area contributed by atoms with Crippen molar-refractivity contribution in [2.45, 2.75) is 78.9 Å². The van der Waals surface area contributed by atoms with E-state index in [1.54, 1.807) is 0 Å². The van der Waals surface area contributed by atoms with Crippen molar-refractivity contribution >= 4 is 6.34 Å². The molecule has 1 unspecified atom stereocenters. The van der Waals surface area contributed by atoms with Gasteiger partial charge in [-0.2, -0.15) is 5.10 Å². The minimum Gasteiger partial charge on any atom is -0.337 e. The Hall–Kier alpha value is -0.730. The van der Waals surface area contributed by atoms with E-state index in [9.17, 15) is 0 Å². The minimum absolute atomic E-state index is 0.478. The van der Waals surface area contributed by atoms with Gasteiger partial charge in [-0.1, -0.05) is 40.0 Å². The fraction of sp³-hybridized carbons (Fsp3) is 0.933. The number of unbranched alkanes of at least 4 members (excludes halogenated alkanes) is 3. The first-order valence-corrected chi connectivity index (χ1v) is 7.64. The monoisotopic (exact) mass is 253 g/mol. The quantitative estimate of drug-likeness (QED) is 0.611. The summed E-state index contributed by atoms with van der Waals surface area (Å²) in [5.74, 6) is 0.719. The molecule has 0 saturated carbocycles. The predicted molar refractivity (Wildman–Crippen MR) is 79.6 cm³/mol. The van der Waals surface area contributed by atoms with Crippen molar-refractivity contribution in [3.05, 3.63) is 0 Å². The van der Waals surface area contributed by atoms with Gasteiger partial charge in [0.25, 0.3) is 0 Å². The standard InChI is InChI=1S/C15H31N3/c1-6-7-8-9-10-18-15(11-13(2)3)17(12-16-18)14(4)5/h12-15H,6-11H2,1-5H3. The summed E-state index contributed by atoms with van der Waals surface area (Å²) in [7, 11) is 0. The van der Waals surface area contributed by atoms with Crippen LogP contribution in [0.3, 0.4) is 0 Å². The third-order valence-corrected chi connectivity index (χ3v) is 3.54. The maximum Gasteiger partial charge on any atom is 0.119 e. The summed E-state index contributed by atoms with van der Waals surface area (Å²) in [5, 5.41) is 6.91. The lowest BCUT2D eigenvalue weighted by molar-refractivity contribution is 0.0913. The van der Waals surface area contributed by atoms with E-state index in [2.05, 4.69) is 49.6 Å². The van der Waals surface area contributed by atoms with Crippen LogP contribution >= 0.6 is 0 Å². The summed E-state index contributed by atoms with van der Waals surface area (Å²) in [6.07, 6.45) is 8.97. The van der Waals surface area contributed by atoms with Crippen LogP contribution in [0.2, 0.25) is 0 Å². The fourth-order valence-corrected chi connectivity index (χ4v) is 2.48. The van der Waals surface area contributed by atoms with E-state index < -0.39 is 0 Å². The van der Waals surface area contributed by atoms with Gasteiger partial charge in [-0.15, -0.1) is 0 Å². The molecule has 0 fully saturated rings. The van der Waals surface area contributed by atoms with E-state index >= 15 is 0 Å². The summed E-state index contributed by atoms with van der Waals surface area (Å²) in [4.78, 5) is 2.40. The molecular formula is C15H31N3. The summed E-state index contributed by atoms with van der Waals surface area (Å²) in [6, 6.07) is 0.540. The second-order valence-corrected chi connectivity index (χ2v) is 6.11. The zero-order valence-electron chi connectivity index (χ0n) is 12.9. The molecule has 1 rings (SSSR count). The molecule has 0 aliphatic carbocycles.